The highest BCUT2D eigenvalue weighted by Gasteiger charge is 2.18. The monoisotopic (exact) mass is 463 g/mol. The Hall–Kier alpha value is -3.01. The Kier molecular flexibility index (Phi) is 5.54. The molecule has 0 fully saturated rings. The smallest absolute Gasteiger partial charge is 0.236 e. The molecule has 0 aliphatic rings. The lowest BCUT2D eigenvalue weighted by Crippen LogP contribution is -2.14. The van der Waals surface area contributed by atoms with E-state index in [0.29, 0.717) is 16.8 Å². The van der Waals surface area contributed by atoms with Crippen molar-refractivity contribution < 1.29 is 4.79 Å². The predicted molar refractivity (Wildman–Crippen MR) is 130 cm³/mol. The molecule has 9 heteroatoms. The number of rotatable bonds is 7. The van der Waals surface area contributed by atoms with E-state index in [-0.39, 0.29) is 11.7 Å². The van der Waals surface area contributed by atoms with Crippen LogP contribution < -0.4 is 5.32 Å². The first-order valence-electron chi connectivity index (χ1n) is 9.52. The van der Waals surface area contributed by atoms with Crippen LogP contribution in [0, 0.1) is 0 Å². The molecule has 3 aromatic heterocycles. The van der Waals surface area contributed by atoms with Gasteiger partial charge in [0.25, 0.3) is 0 Å². The van der Waals surface area contributed by atoms with Gasteiger partial charge >= 0.3 is 0 Å². The average molecular weight is 464 g/mol. The van der Waals surface area contributed by atoms with Crippen LogP contribution in [-0.2, 0) is 11.3 Å². The zero-order valence-corrected chi connectivity index (χ0v) is 18.8. The van der Waals surface area contributed by atoms with Gasteiger partial charge in [-0.3, -0.25) is 9.36 Å². The minimum Gasteiger partial charge on any atom is -0.301 e. The Morgan fingerprint density at radius 2 is 1.94 bits per heavy atom. The number of hydrogen-bond acceptors (Lipinski definition) is 7. The Balaban J connectivity index is 1.34. The lowest BCUT2D eigenvalue weighted by atomic mass is 10.1. The molecule has 0 bridgehead atoms. The minimum absolute atomic E-state index is 0.125. The van der Waals surface area contributed by atoms with Gasteiger partial charge in [0.05, 0.1) is 16.0 Å². The molecule has 1 N–H and O–H groups in total. The van der Waals surface area contributed by atoms with E-state index in [9.17, 15) is 4.79 Å². The van der Waals surface area contributed by atoms with E-state index in [1.165, 1.54) is 27.8 Å². The first kappa shape index (κ1) is 19.9. The molecule has 0 aliphatic heterocycles. The Labute approximate surface area is 190 Å². The van der Waals surface area contributed by atoms with Crippen molar-refractivity contribution in [3.05, 3.63) is 66.6 Å². The maximum atomic E-state index is 12.5. The molecular weight excluding hydrogens is 446 g/mol. The average Bonchev–Trinajstić information content (AvgIpc) is 3.48. The maximum absolute atomic E-state index is 12.5. The fraction of sp³-hybridized carbons (Fsp3) is 0.0909. The van der Waals surface area contributed by atoms with Crippen molar-refractivity contribution in [2.45, 2.75) is 11.7 Å². The number of para-hydroxylation sites is 1. The van der Waals surface area contributed by atoms with Gasteiger partial charge in [-0.25, -0.2) is 4.98 Å². The normalized spacial score (nSPS) is 11.2. The number of amides is 1. The third-order valence-corrected chi connectivity index (χ3v) is 7.51. The van der Waals surface area contributed by atoms with E-state index in [1.807, 2.05) is 47.0 Å². The van der Waals surface area contributed by atoms with Crippen LogP contribution in [0.4, 0.5) is 5.13 Å². The molecule has 0 aliphatic carbocycles. The zero-order valence-electron chi connectivity index (χ0n) is 16.3. The topological polar surface area (TPSA) is 72.7 Å². The third kappa shape index (κ3) is 3.99. The predicted octanol–water partition coefficient (Wildman–Crippen LogP) is 5.69. The van der Waals surface area contributed by atoms with Crippen molar-refractivity contribution in [2.75, 3.05) is 11.1 Å². The number of carbonyl (C=O) groups excluding carboxylic acids is 1. The Morgan fingerprint density at radius 3 is 2.77 bits per heavy atom. The molecular formula is C22H17N5OS3. The number of nitrogens with one attached hydrogen (secondary N) is 1. The molecule has 1 amide bonds. The van der Waals surface area contributed by atoms with E-state index in [2.05, 4.69) is 44.6 Å². The van der Waals surface area contributed by atoms with Crippen LogP contribution in [0.5, 0.6) is 0 Å². The summed E-state index contributed by atoms with van der Waals surface area (Å²) in [7, 11) is 0. The number of aromatic nitrogens is 4. The van der Waals surface area contributed by atoms with Crippen LogP contribution in [0.25, 0.3) is 31.7 Å². The van der Waals surface area contributed by atoms with Gasteiger partial charge in [0.2, 0.25) is 5.91 Å². The van der Waals surface area contributed by atoms with Crippen LogP contribution in [0.1, 0.15) is 0 Å². The summed E-state index contributed by atoms with van der Waals surface area (Å²) in [4.78, 5) is 17.0. The number of anilines is 1. The van der Waals surface area contributed by atoms with E-state index in [1.54, 1.807) is 11.3 Å². The van der Waals surface area contributed by atoms with Gasteiger partial charge in [-0.05, 0) is 18.2 Å². The van der Waals surface area contributed by atoms with Gasteiger partial charge < -0.3 is 5.32 Å². The molecule has 2 aromatic carbocycles. The second-order valence-electron chi connectivity index (χ2n) is 6.67. The fourth-order valence-electron chi connectivity index (χ4n) is 3.25. The number of thiazole rings is 1. The fourth-order valence-corrected chi connectivity index (χ4v) is 5.82. The molecule has 31 heavy (non-hydrogen) atoms. The van der Waals surface area contributed by atoms with Crippen molar-refractivity contribution >= 4 is 65.8 Å². The number of benzene rings is 2. The number of thioether (sulfide) groups is 1. The van der Waals surface area contributed by atoms with Crippen LogP contribution in [-0.4, -0.2) is 31.4 Å². The maximum Gasteiger partial charge on any atom is 0.236 e. The summed E-state index contributed by atoms with van der Waals surface area (Å²) >= 11 is 4.50. The molecule has 0 atom stereocenters. The summed E-state index contributed by atoms with van der Waals surface area (Å²) in [6, 6.07) is 16.1. The molecule has 0 spiro atoms. The van der Waals surface area contributed by atoms with Crippen LogP contribution in [0.15, 0.2) is 71.7 Å². The molecule has 6 nitrogen and oxygen atoms in total. The van der Waals surface area contributed by atoms with Gasteiger partial charge in [-0.1, -0.05) is 59.5 Å². The molecule has 0 unspecified atom stereocenters. The second kappa shape index (κ2) is 8.62. The molecule has 3 heterocycles. The summed E-state index contributed by atoms with van der Waals surface area (Å²) < 4.78 is 4.25. The second-order valence-corrected chi connectivity index (χ2v) is 9.56. The standard InChI is InChI=1S/C22H17N5OS3/c1-2-11-27-20(15-12-29-17-9-5-3-7-14(15)17)25-26-22(27)30-13-19(28)24-21-23-16-8-4-6-10-18(16)31-21/h2-10,12H,1,11,13H2,(H,23,24,28). The zero-order chi connectivity index (χ0) is 21.2. The number of thiophene rings is 1. The third-order valence-electron chi connectivity index (χ3n) is 4.62. The van der Waals surface area contributed by atoms with Crippen molar-refractivity contribution in [1.29, 1.82) is 0 Å². The number of nitrogens with zero attached hydrogens (tertiary/aromatic N) is 4. The summed E-state index contributed by atoms with van der Waals surface area (Å²) in [6.45, 7) is 4.43. The van der Waals surface area contributed by atoms with Crippen molar-refractivity contribution in [2.24, 2.45) is 0 Å². The summed E-state index contributed by atoms with van der Waals surface area (Å²) in [5, 5.41) is 16.2. The largest absolute Gasteiger partial charge is 0.301 e. The molecule has 0 saturated heterocycles. The SMILES string of the molecule is C=CCn1c(SCC(=O)Nc2nc3ccccc3s2)nnc1-c1csc2ccccc12. The number of fused-ring (bicyclic) bond motifs is 2. The minimum atomic E-state index is -0.125. The molecule has 5 rings (SSSR count). The number of allylic oxidation sites excluding steroid dienone is 1. The van der Waals surface area contributed by atoms with Gasteiger partial charge in [-0.2, -0.15) is 0 Å². The van der Waals surface area contributed by atoms with Gasteiger partial charge in [0, 0.05) is 27.6 Å². The summed E-state index contributed by atoms with van der Waals surface area (Å²) in [5.74, 6) is 0.876. The van der Waals surface area contributed by atoms with Crippen molar-refractivity contribution in [1.82, 2.24) is 19.7 Å². The quantitative estimate of drug-likeness (QED) is 0.248. The van der Waals surface area contributed by atoms with Gasteiger partial charge in [-0.15, -0.1) is 28.1 Å². The Bertz CT molecular complexity index is 1370. The first-order valence-corrected chi connectivity index (χ1v) is 12.2. The van der Waals surface area contributed by atoms with Gasteiger partial charge in [0.15, 0.2) is 16.1 Å². The lowest BCUT2D eigenvalue weighted by Gasteiger charge is -2.07. The first-order chi connectivity index (χ1) is 15.2. The van der Waals surface area contributed by atoms with Crippen molar-refractivity contribution in [3.63, 3.8) is 0 Å². The number of carbonyl (C=O) groups is 1. The van der Waals surface area contributed by atoms with E-state index >= 15 is 0 Å². The van der Waals surface area contributed by atoms with E-state index in [0.717, 1.165) is 27.0 Å². The van der Waals surface area contributed by atoms with Crippen molar-refractivity contribution in [3.8, 4) is 11.4 Å². The summed E-state index contributed by atoms with van der Waals surface area (Å²) in [5.41, 5.74) is 1.93. The highest BCUT2D eigenvalue weighted by molar-refractivity contribution is 7.99. The molecule has 0 saturated carbocycles. The number of hydrogen-bond donors (Lipinski definition) is 1. The van der Waals surface area contributed by atoms with Crippen LogP contribution in [0.2, 0.25) is 0 Å². The van der Waals surface area contributed by atoms with E-state index < -0.39 is 0 Å². The van der Waals surface area contributed by atoms with E-state index in [4.69, 9.17) is 0 Å². The molecule has 154 valence electrons. The molecule has 0 radical (unpaired) electrons. The highest BCUT2D eigenvalue weighted by atomic mass is 32.2. The molecule has 5 aromatic rings. The van der Waals surface area contributed by atoms with Crippen LogP contribution >= 0.6 is 34.4 Å². The van der Waals surface area contributed by atoms with Crippen LogP contribution in [0.3, 0.4) is 0 Å². The highest BCUT2D eigenvalue weighted by Crippen LogP contribution is 2.34. The summed E-state index contributed by atoms with van der Waals surface area (Å²) in [6.07, 6.45) is 1.81. The Morgan fingerprint density at radius 1 is 1.13 bits per heavy atom. The lowest BCUT2D eigenvalue weighted by molar-refractivity contribution is -0.113. The van der Waals surface area contributed by atoms with Gasteiger partial charge in [0.1, 0.15) is 0 Å².